The van der Waals surface area contributed by atoms with Crippen LogP contribution in [0.25, 0.3) is 0 Å². The van der Waals surface area contributed by atoms with Crippen LogP contribution in [0.15, 0.2) is 0 Å². The molecule has 0 N–H and O–H groups in total. The number of nitrogens with zero attached hydrogens (tertiary/aromatic N) is 1. The lowest BCUT2D eigenvalue weighted by molar-refractivity contribution is -0.883. The van der Waals surface area contributed by atoms with Crippen LogP contribution >= 0.6 is 0 Å². The summed E-state index contributed by atoms with van der Waals surface area (Å²) >= 11 is 0. The second kappa shape index (κ2) is 6.95. The third kappa shape index (κ3) is 3.80. The molecule has 0 aromatic carbocycles. The van der Waals surface area contributed by atoms with E-state index in [2.05, 4.69) is 34.9 Å². The highest BCUT2D eigenvalue weighted by atomic mass is 16.5. The first-order valence-corrected chi connectivity index (χ1v) is 9.65. The third-order valence-electron chi connectivity index (χ3n) is 7.19. The quantitative estimate of drug-likeness (QED) is 0.500. The molecule has 0 saturated heterocycles. The van der Waals surface area contributed by atoms with Gasteiger partial charge in [0.1, 0.15) is 6.54 Å². The number of hydrogen-bond acceptors (Lipinski definition) is 3. The molecule has 24 heavy (non-hydrogen) atoms. The zero-order valence-electron chi connectivity index (χ0n) is 16.9. The van der Waals surface area contributed by atoms with E-state index >= 15 is 0 Å². The number of ether oxygens (including phenoxy) is 2. The second-order valence-electron chi connectivity index (χ2n) is 9.50. The Morgan fingerprint density at radius 1 is 1.29 bits per heavy atom. The number of quaternary nitrogens is 1. The zero-order chi connectivity index (χ0) is 18.2. The predicted molar refractivity (Wildman–Crippen MR) is 96.7 cm³/mol. The van der Waals surface area contributed by atoms with Crippen molar-refractivity contribution in [1.82, 2.24) is 0 Å². The topological polar surface area (TPSA) is 35.5 Å². The van der Waals surface area contributed by atoms with Crippen molar-refractivity contribution < 1.29 is 18.8 Å². The van der Waals surface area contributed by atoms with Gasteiger partial charge in [-0.15, -0.1) is 0 Å². The first-order chi connectivity index (χ1) is 11.0. The molecule has 4 heteroatoms. The highest BCUT2D eigenvalue weighted by Crippen LogP contribution is 2.66. The van der Waals surface area contributed by atoms with Crippen LogP contribution in [0.5, 0.6) is 0 Å². The number of rotatable bonds is 8. The summed E-state index contributed by atoms with van der Waals surface area (Å²) < 4.78 is 12.3. The van der Waals surface area contributed by atoms with Crippen molar-refractivity contribution in [2.75, 3.05) is 33.8 Å². The minimum atomic E-state index is -0.109. The van der Waals surface area contributed by atoms with Crippen LogP contribution in [0.3, 0.4) is 0 Å². The lowest BCUT2D eigenvalue weighted by atomic mass is 9.70. The van der Waals surface area contributed by atoms with Gasteiger partial charge >= 0.3 is 5.97 Å². The Kier molecular flexibility index (Phi) is 5.71. The van der Waals surface area contributed by atoms with E-state index in [0.29, 0.717) is 34.6 Å². The minimum absolute atomic E-state index is 0.00460. The lowest BCUT2D eigenvalue weighted by Gasteiger charge is -2.39. The standard InChI is InChI=1S/C20H38NO3/c1-8-15(2)24-18(22)14-21(6,7)11-12-23-17-13-16-9-10-20(17,5)19(16,3)4/h15-17H,8-14H2,1-7H3/q+1/t15-,16+,17-,20+/m1/s1. The average Bonchev–Trinajstić information content (AvgIpc) is 2.79. The summed E-state index contributed by atoms with van der Waals surface area (Å²) in [6.07, 6.45) is 5.08. The van der Waals surface area contributed by atoms with Crippen LogP contribution in [-0.2, 0) is 14.3 Å². The molecule has 140 valence electrons. The third-order valence-corrected chi connectivity index (χ3v) is 7.19. The molecule has 2 aliphatic carbocycles. The van der Waals surface area contributed by atoms with E-state index < -0.39 is 0 Å². The summed E-state index contributed by atoms with van der Waals surface area (Å²) in [5.74, 6) is 0.697. The van der Waals surface area contributed by atoms with Gasteiger partial charge in [-0.25, -0.2) is 4.79 Å². The summed E-state index contributed by atoms with van der Waals surface area (Å²) in [5.41, 5.74) is 0.701. The lowest BCUT2D eigenvalue weighted by Crippen LogP contribution is -2.48. The molecule has 4 nitrogen and oxygen atoms in total. The minimum Gasteiger partial charge on any atom is -0.459 e. The maximum atomic E-state index is 12.0. The number of fused-ring (bicyclic) bond motifs is 2. The van der Waals surface area contributed by atoms with Crippen LogP contribution in [0.1, 0.15) is 60.3 Å². The Bertz CT molecular complexity index is 460. The van der Waals surface area contributed by atoms with E-state index in [1.165, 1.54) is 19.3 Å². The molecule has 2 rings (SSSR count). The Labute approximate surface area is 148 Å². The van der Waals surface area contributed by atoms with Gasteiger partial charge in [-0.2, -0.15) is 0 Å². The van der Waals surface area contributed by atoms with Crippen LogP contribution in [0.2, 0.25) is 0 Å². The molecule has 2 saturated carbocycles. The molecule has 0 amide bonds. The normalized spacial score (nSPS) is 32.8. The highest BCUT2D eigenvalue weighted by Gasteiger charge is 2.61. The van der Waals surface area contributed by atoms with Gasteiger partial charge in [0.05, 0.1) is 32.9 Å². The van der Waals surface area contributed by atoms with Crippen molar-refractivity contribution in [2.45, 2.75) is 72.5 Å². The molecule has 4 atom stereocenters. The van der Waals surface area contributed by atoms with Gasteiger partial charge in [-0.3, -0.25) is 0 Å². The van der Waals surface area contributed by atoms with Gasteiger partial charge in [0.15, 0.2) is 6.54 Å². The molecule has 0 aliphatic heterocycles. The van der Waals surface area contributed by atoms with E-state index in [-0.39, 0.29) is 12.1 Å². The summed E-state index contributed by atoms with van der Waals surface area (Å²) in [5, 5.41) is 0. The molecule has 2 aliphatic rings. The molecular formula is C20H38NO3+. The summed E-state index contributed by atoms with van der Waals surface area (Å²) in [6, 6.07) is 0. The first-order valence-electron chi connectivity index (χ1n) is 9.65. The number of hydrogen-bond donors (Lipinski definition) is 0. The molecule has 0 spiro atoms. The van der Waals surface area contributed by atoms with Gasteiger partial charge in [0, 0.05) is 0 Å². The van der Waals surface area contributed by atoms with Crippen molar-refractivity contribution in [3.8, 4) is 0 Å². The van der Waals surface area contributed by atoms with Crippen LogP contribution < -0.4 is 0 Å². The van der Waals surface area contributed by atoms with E-state index in [0.717, 1.165) is 18.9 Å². The fraction of sp³-hybridized carbons (Fsp3) is 0.950. The Hall–Kier alpha value is -0.610. The SMILES string of the molecule is CC[C@@H](C)OC(=O)C[N+](C)(C)CCO[C@@H]1C[C@@H]2CC[C@]1(C)C2(C)C. The van der Waals surface area contributed by atoms with Crippen molar-refractivity contribution in [2.24, 2.45) is 16.7 Å². The van der Waals surface area contributed by atoms with Crippen molar-refractivity contribution in [3.05, 3.63) is 0 Å². The fourth-order valence-electron chi connectivity index (χ4n) is 4.60. The molecular weight excluding hydrogens is 302 g/mol. The summed E-state index contributed by atoms with van der Waals surface area (Å²) in [6.45, 7) is 13.2. The van der Waals surface area contributed by atoms with Crippen molar-refractivity contribution in [3.63, 3.8) is 0 Å². The summed E-state index contributed by atoms with van der Waals surface area (Å²) in [4.78, 5) is 12.0. The summed E-state index contributed by atoms with van der Waals surface area (Å²) in [7, 11) is 4.15. The molecule has 2 bridgehead atoms. The number of likely N-dealkylation sites (N-methyl/N-ethyl adjacent to an activating group) is 1. The Balaban J connectivity index is 1.78. The van der Waals surface area contributed by atoms with Crippen LogP contribution in [0, 0.1) is 16.7 Å². The smallest absolute Gasteiger partial charge is 0.362 e. The molecule has 0 aromatic rings. The molecule has 2 fully saturated rings. The zero-order valence-corrected chi connectivity index (χ0v) is 16.9. The van der Waals surface area contributed by atoms with Gasteiger partial charge in [-0.05, 0) is 49.4 Å². The van der Waals surface area contributed by atoms with E-state index in [1.807, 2.05) is 13.8 Å². The number of carbonyl (C=O) groups is 1. The first kappa shape index (κ1) is 19.7. The van der Waals surface area contributed by atoms with Crippen molar-refractivity contribution in [1.29, 1.82) is 0 Å². The number of carbonyl (C=O) groups excluding carboxylic acids is 1. The molecule has 0 unspecified atom stereocenters. The predicted octanol–water partition coefficient (Wildman–Crippen LogP) is 3.64. The van der Waals surface area contributed by atoms with Gasteiger partial charge < -0.3 is 14.0 Å². The Morgan fingerprint density at radius 2 is 1.96 bits per heavy atom. The monoisotopic (exact) mass is 340 g/mol. The van der Waals surface area contributed by atoms with Gasteiger partial charge in [0.2, 0.25) is 0 Å². The van der Waals surface area contributed by atoms with Gasteiger partial charge in [0.25, 0.3) is 0 Å². The molecule has 0 aromatic heterocycles. The van der Waals surface area contributed by atoms with E-state index in [4.69, 9.17) is 9.47 Å². The molecule has 0 heterocycles. The van der Waals surface area contributed by atoms with Crippen LogP contribution in [-0.4, -0.2) is 56.5 Å². The van der Waals surface area contributed by atoms with Crippen molar-refractivity contribution >= 4 is 5.97 Å². The average molecular weight is 341 g/mol. The second-order valence-corrected chi connectivity index (χ2v) is 9.50. The Morgan fingerprint density at radius 3 is 2.46 bits per heavy atom. The van der Waals surface area contributed by atoms with Crippen LogP contribution in [0.4, 0.5) is 0 Å². The fourth-order valence-corrected chi connectivity index (χ4v) is 4.60. The van der Waals surface area contributed by atoms with Gasteiger partial charge in [-0.1, -0.05) is 27.7 Å². The maximum Gasteiger partial charge on any atom is 0.362 e. The maximum absolute atomic E-state index is 12.0. The van der Waals surface area contributed by atoms with E-state index in [9.17, 15) is 4.79 Å². The number of esters is 1. The van der Waals surface area contributed by atoms with E-state index in [1.54, 1.807) is 0 Å². The highest BCUT2D eigenvalue weighted by molar-refractivity contribution is 5.70. The molecule has 0 radical (unpaired) electrons. The largest absolute Gasteiger partial charge is 0.459 e.